The van der Waals surface area contributed by atoms with Gasteiger partial charge in [0.05, 0.1) is 19.1 Å². The van der Waals surface area contributed by atoms with Crippen LogP contribution < -0.4 is 4.74 Å². The lowest BCUT2D eigenvalue weighted by Crippen LogP contribution is -2.42. The lowest BCUT2D eigenvalue weighted by molar-refractivity contribution is -0.134. The van der Waals surface area contributed by atoms with Gasteiger partial charge in [0.25, 0.3) is 0 Å². The highest BCUT2D eigenvalue weighted by Gasteiger charge is 2.21. The molecule has 4 nitrogen and oxygen atoms in total. The summed E-state index contributed by atoms with van der Waals surface area (Å²) in [6.07, 6.45) is 1.64. The molecule has 0 spiro atoms. The Morgan fingerprint density at radius 3 is 3.11 bits per heavy atom. The minimum Gasteiger partial charge on any atom is -0.493 e. The highest BCUT2D eigenvalue weighted by atomic mass is 79.9. The molecule has 0 aromatic heterocycles. The predicted octanol–water partition coefficient (Wildman–Crippen LogP) is 2.20. The number of ether oxygens (including phenoxy) is 1. The van der Waals surface area contributed by atoms with Gasteiger partial charge in [-0.25, -0.2) is 0 Å². The summed E-state index contributed by atoms with van der Waals surface area (Å²) in [6, 6.07) is 7.55. The molecular weight excluding hydrogens is 310 g/mol. The Hall–Kier alpha value is -1.07. The first-order valence-corrected chi connectivity index (χ1v) is 7.28. The number of benzene rings is 1. The van der Waals surface area contributed by atoms with Crippen molar-refractivity contribution in [3.63, 3.8) is 0 Å². The van der Waals surface area contributed by atoms with Crippen LogP contribution in [0.25, 0.3) is 0 Å². The molecule has 0 saturated carbocycles. The average Bonchev–Trinajstić information content (AvgIpc) is 2.38. The van der Waals surface area contributed by atoms with Crippen LogP contribution in [0.15, 0.2) is 28.7 Å². The van der Waals surface area contributed by atoms with Crippen LogP contribution in [0, 0.1) is 0 Å². The van der Waals surface area contributed by atoms with Gasteiger partial charge in [0.15, 0.2) is 0 Å². The van der Waals surface area contributed by atoms with Gasteiger partial charge in [-0.05, 0) is 31.0 Å². The SMILES string of the molecule is O=C(CCOc1cccc(Br)c1)N1CCC[C@H](O)C1. The zero-order chi connectivity index (χ0) is 13.7. The van der Waals surface area contributed by atoms with Crippen molar-refractivity contribution in [1.82, 2.24) is 4.90 Å². The van der Waals surface area contributed by atoms with E-state index in [4.69, 9.17) is 4.74 Å². The molecule has 0 bridgehead atoms. The maximum absolute atomic E-state index is 11.9. The third-order valence-electron chi connectivity index (χ3n) is 3.13. The van der Waals surface area contributed by atoms with Crippen molar-refractivity contribution in [3.05, 3.63) is 28.7 Å². The summed E-state index contributed by atoms with van der Waals surface area (Å²) in [5.74, 6) is 0.801. The standard InChI is InChI=1S/C14H18BrNO3/c15-11-3-1-5-13(9-11)19-8-6-14(18)16-7-2-4-12(17)10-16/h1,3,5,9,12,17H,2,4,6-8,10H2/t12-/m0/s1. The number of likely N-dealkylation sites (tertiary alicyclic amines) is 1. The fourth-order valence-corrected chi connectivity index (χ4v) is 2.53. The molecule has 5 heteroatoms. The summed E-state index contributed by atoms with van der Waals surface area (Å²) in [6.45, 7) is 1.56. The molecular formula is C14H18BrNO3. The fraction of sp³-hybridized carbons (Fsp3) is 0.500. The lowest BCUT2D eigenvalue weighted by Gasteiger charge is -2.30. The molecule has 2 rings (SSSR count). The van der Waals surface area contributed by atoms with Gasteiger partial charge in [-0.15, -0.1) is 0 Å². The normalized spacial score (nSPS) is 19.3. The number of aliphatic hydroxyl groups excluding tert-OH is 1. The van der Waals surface area contributed by atoms with Gasteiger partial charge in [-0.3, -0.25) is 4.79 Å². The van der Waals surface area contributed by atoms with Gasteiger partial charge >= 0.3 is 0 Å². The fourth-order valence-electron chi connectivity index (χ4n) is 2.15. The number of piperidine rings is 1. The average molecular weight is 328 g/mol. The first-order chi connectivity index (χ1) is 9.15. The van der Waals surface area contributed by atoms with E-state index in [0.29, 0.717) is 19.6 Å². The number of hydrogen-bond donors (Lipinski definition) is 1. The van der Waals surface area contributed by atoms with E-state index in [1.807, 2.05) is 24.3 Å². The van der Waals surface area contributed by atoms with Crippen LogP contribution in [0.5, 0.6) is 5.75 Å². The van der Waals surface area contributed by atoms with Crippen molar-refractivity contribution in [2.24, 2.45) is 0 Å². The number of aliphatic hydroxyl groups is 1. The van der Waals surface area contributed by atoms with Crippen molar-refractivity contribution in [2.75, 3.05) is 19.7 Å². The number of carbonyl (C=O) groups excluding carboxylic acids is 1. The maximum Gasteiger partial charge on any atom is 0.226 e. The van der Waals surface area contributed by atoms with Gasteiger partial charge in [0.1, 0.15) is 5.75 Å². The molecule has 1 atom stereocenters. The van der Waals surface area contributed by atoms with Gasteiger partial charge in [0, 0.05) is 17.6 Å². The summed E-state index contributed by atoms with van der Waals surface area (Å²) in [7, 11) is 0. The van der Waals surface area contributed by atoms with Crippen LogP contribution in [-0.4, -0.2) is 41.7 Å². The Kier molecular flexibility index (Phi) is 5.22. The first-order valence-electron chi connectivity index (χ1n) is 6.49. The Bertz CT molecular complexity index is 438. The summed E-state index contributed by atoms with van der Waals surface area (Å²) in [5, 5.41) is 9.53. The van der Waals surface area contributed by atoms with Crippen molar-refractivity contribution in [1.29, 1.82) is 0 Å². The van der Waals surface area contributed by atoms with Crippen LogP contribution >= 0.6 is 15.9 Å². The number of amides is 1. The molecule has 1 amide bonds. The highest BCUT2D eigenvalue weighted by molar-refractivity contribution is 9.10. The van der Waals surface area contributed by atoms with Crippen molar-refractivity contribution in [2.45, 2.75) is 25.4 Å². The summed E-state index contributed by atoms with van der Waals surface area (Å²) in [4.78, 5) is 13.6. The number of hydrogen-bond acceptors (Lipinski definition) is 3. The maximum atomic E-state index is 11.9. The second-order valence-electron chi connectivity index (χ2n) is 4.69. The Morgan fingerprint density at radius 2 is 2.37 bits per heavy atom. The van der Waals surface area contributed by atoms with Crippen LogP contribution in [0.1, 0.15) is 19.3 Å². The third kappa shape index (κ3) is 4.51. The predicted molar refractivity (Wildman–Crippen MR) is 76.1 cm³/mol. The molecule has 1 saturated heterocycles. The van der Waals surface area contributed by atoms with Crippen molar-refractivity contribution < 1.29 is 14.6 Å². The number of nitrogens with zero attached hydrogens (tertiary/aromatic N) is 1. The monoisotopic (exact) mass is 327 g/mol. The quantitative estimate of drug-likeness (QED) is 0.922. The third-order valence-corrected chi connectivity index (χ3v) is 3.62. The lowest BCUT2D eigenvalue weighted by atomic mass is 10.1. The molecule has 1 aromatic rings. The van der Waals surface area contributed by atoms with Crippen LogP contribution in [0.2, 0.25) is 0 Å². The first kappa shape index (κ1) is 14.3. The minimum absolute atomic E-state index is 0.0498. The largest absolute Gasteiger partial charge is 0.493 e. The van der Waals surface area contributed by atoms with E-state index in [-0.39, 0.29) is 12.0 Å². The number of rotatable bonds is 4. The number of carbonyl (C=O) groups is 1. The summed E-state index contributed by atoms with van der Waals surface area (Å²) < 4.78 is 6.49. The Balaban J connectivity index is 1.74. The number of halogens is 1. The Morgan fingerprint density at radius 1 is 1.53 bits per heavy atom. The zero-order valence-corrected chi connectivity index (χ0v) is 12.3. The summed E-state index contributed by atoms with van der Waals surface area (Å²) in [5.41, 5.74) is 0. The molecule has 1 aliphatic rings. The molecule has 1 N–H and O–H groups in total. The summed E-state index contributed by atoms with van der Waals surface area (Å²) >= 11 is 3.37. The molecule has 0 aliphatic carbocycles. The van der Waals surface area contributed by atoms with E-state index in [0.717, 1.165) is 29.6 Å². The molecule has 1 aromatic carbocycles. The van der Waals surface area contributed by atoms with Crippen molar-refractivity contribution in [3.8, 4) is 5.75 Å². The van der Waals surface area contributed by atoms with Crippen LogP contribution in [0.4, 0.5) is 0 Å². The smallest absolute Gasteiger partial charge is 0.226 e. The topological polar surface area (TPSA) is 49.8 Å². The van der Waals surface area contributed by atoms with Gasteiger partial charge < -0.3 is 14.7 Å². The van der Waals surface area contributed by atoms with Crippen molar-refractivity contribution >= 4 is 21.8 Å². The van der Waals surface area contributed by atoms with E-state index in [1.165, 1.54) is 0 Å². The second-order valence-corrected chi connectivity index (χ2v) is 5.61. The van der Waals surface area contributed by atoms with E-state index in [9.17, 15) is 9.90 Å². The minimum atomic E-state index is -0.372. The highest BCUT2D eigenvalue weighted by Crippen LogP contribution is 2.18. The molecule has 1 fully saturated rings. The van der Waals surface area contributed by atoms with E-state index >= 15 is 0 Å². The molecule has 0 unspecified atom stereocenters. The van der Waals surface area contributed by atoms with E-state index in [2.05, 4.69) is 15.9 Å². The molecule has 0 radical (unpaired) electrons. The Labute approximate surface area is 121 Å². The van der Waals surface area contributed by atoms with Crippen LogP contribution in [-0.2, 0) is 4.79 Å². The van der Waals surface area contributed by atoms with Gasteiger partial charge in [-0.1, -0.05) is 22.0 Å². The van der Waals surface area contributed by atoms with E-state index in [1.54, 1.807) is 4.90 Å². The molecule has 1 heterocycles. The zero-order valence-electron chi connectivity index (χ0n) is 10.7. The molecule has 1 aliphatic heterocycles. The number of β-amino-alcohol motifs (C(OH)–C–C–N with tert-alkyl or cyclic N) is 1. The van der Waals surface area contributed by atoms with Gasteiger partial charge in [0.2, 0.25) is 5.91 Å². The molecule has 104 valence electrons. The molecule has 19 heavy (non-hydrogen) atoms. The van der Waals surface area contributed by atoms with Crippen LogP contribution in [0.3, 0.4) is 0 Å². The second kappa shape index (κ2) is 6.91. The van der Waals surface area contributed by atoms with Gasteiger partial charge in [-0.2, -0.15) is 0 Å². The van der Waals surface area contributed by atoms with E-state index < -0.39 is 0 Å².